The van der Waals surface area contributed by atoms with Crippen LogP contribution in [0.15, 0.2) is 18.6 Å². The Balaban J connectivity index is 2.38. The Hall–Kier alpha value is -1.88. The van der Waals surface area contributed by atoms with Gasteiger partial charge in [0.2, 0.25) is 0 Å². The van der Waals surface area contributed by atoms with E-state index in [1.165, 1.54) is 11.9 Å². The lowest BCUT2D eigenvalue weighted by Gasteiger charge is -2.14. The van der Waals surface area contributed by atoms with Crippen molar-refractivity contribution in [1.82, 2.24) is 25.3 Å². The average molecular weight is 285 g/mol. The molecule has 0 radical (unpaired) electrons. The molecule has 21 heavy (non-hydrogen) atoms. The Bertz CT molecular complexity index is 543. The number of rotatable bonds is 7. The second-order valence-corrected chi connectivity index (χ2v) is 4.82. The van der Waals surface area contributed by atoms with E-state index in [1.807, 2.05) is 6.07 Å². The molecule has 2 aromatic heterocycles. The van der Waals surface area contributed by atoms with Crippen LogP contribution in [0.25, 0.3) is 11.5 Å². The average Bonchev–Trinajstić information content (AvgIpc) is 2.55. The van der Waals surface area contributed by atoms with E-state index in [1.54, 1.807) is 6.20 Å². The van der Waals surface area contributed by atoms with Crippen LogP contribution < -0.4 is 5.32 Å². The van der Waals surface area contributed by atoms with Crippen LogP contribution >= 0.6 is 0 Å². The van der Waals surface area contributed by atoms with E-state index in [4.69, 9.17) is 9.97 Å². The third-order valence-electron chi connectivity index (χ3n) is 3.46. The molecule has 0 aliphatic heterocycles. The summed E-state index contributed by atoms with van der Waals surface area (Å²) in [7, 11) is 0. The molecule has 0 aliphatic carbocycles. The molecule has 112 valence electrons. The van der Waals surface area contributed by atoms with Gasteiger partial charge in [-0.2, -0.15) is 0 Å². The van der Waals surface area contributed by atoms with Gasteiger partial charge in [-0.3, -0.25) is 0 Å². The Kier molecular flexibility index (Phi) is 5.75. The quantitative estimate of drug-likeness (QED) is 0.790. The molecule has 0 spiro atoms. The van der Waals surface area contributed by atoms with Crippen LogP contribution in [0.2, 0.25) is 0 Å². The highest BCUT2D eigenvalue weighted by Crippen LogP contribution is 2.19. The molecule has 0 amide bonds. The van der Waals surface area contributed by atoms with E-state index in [9.17, 15) is 0 Å². The monoisotopic (exact) mass is 285 g/mol. The predicted octanol–water partition coefficient (Wildman–Crippen LogP) is 2.21. The Morgan fingerprint density at radius 2 is 1.76 bits per heavy atom. The second-order valence-electron chi connectivity index (χ2n) is 4.82. The maximum Gasteiger partial charge on any atom is 0.178 e. The van der Waals surface area contributed by atoms with Gasteiger partial charge in [0.1, 0.15) is 12.0 Å². The zero-order valence-electron chi connectivity index (χ0n) is 13.1. The molecule has 0 aromatic carbocycles. The van der Waals surface area contributed by atoms with Gasteiger partial charge in [0.05, 0.1) is 0 Å². The van der Waals surface area contributed by atoms with Crippen molar-refractivity contribution in [3.8, 4) is 11.5 Å². The van der Waals surface area contributed by atoms with Crippen molar-refractivity contribution in [2.24, 2.45) is 0 Å². The van der Waals surface area contributed by atoms with Crippen LogP contribution in [-0.2, 0) is 19.3 Å². The van der Waals surface area contributed by atoms with Crippen LogP contribution in [0.5, 0.6) is 0 Å². The van der Waals surface area contributed by atoms with Crippen LogP contribution in [0.1, 0.15) is 37.7 Å². The number of hydrogen-bond donors (Lipinski definition) is 1. The highest BCUT2D eigenvalue weighted by Gasteiger charge is 2.13. The number of hydrogen-bond acceptors (Lipinski definition) is 5. The largest absolute Gasteiger partial charge is 0.317 e. The molecule has 0 bridgehead atoms. The lowest BCUT2D eigenvalue weighted by Crippen LogP contribution is -2.19. The van der Waals surface area contributed by atoms with Crippen molar-refractivity contribution in [2.45, 2.75) is 40.0 Å². The molecule has 0 fully saturated rings. The first kappa shape index (κ1) is 15.5. The minimum Gasteiger partial charge on any atom is -0.317 e. The topological polar surface area (TPSA) is 63.6 Å². The molecule has 2 rings (SSSR count). The van der Waals surface area contributed by atoms with E-state index in [2.05, 4.69) is 36.1 Å². The van der Waals surface area contributed by atoms with Gasteiger partial charge in [-0.1, -0.05) is 20.8 Å². The van der Waals surface area contributed by atoms with Gasteiger partial charge in [-0.25, -0.2) is 19.9 Å². The van der Waals surface area contributed by atoms with E-state index < -0.39 is 0 Å². The summed E-state index contributed by atoms with van der Waals surface area (Å²) in [6.07, 6.45) is 6.06. The van der Waals surface area contributed by atoms with E-state index in [-0.39, 0.29) is 0 Å². The van der Waals surface area contributed by atoms with Crippen molar-refractivity contribution in [3.63, 3.8) is 0 Å². The SMILES string of the molecule is CCNCCc1c(CC)nc(-c2ccncn2)nc1CC. The van der Waals surface area contributed by atoms with Crippen molar-refractivity contribution in [3.05, 3.63) is 35.5 Å². The summed E-state index contributed by atoms with van der Waals surface area (Å²) in [4.78, 5) is 17.6. The predicted molar refractivity (Wildman–Crippen MR) is 84.1 cm³/mol. The molecule has 2 heterocycles. The molecule has 5 nitrogen and oxygen atoms in total. The number of aromatic nitrogens is 4. The minimum atomic E-state index is 0.707. The van der Waals surface area contributed by atoms with Crippen LogP contribution in [-0.4, -0.2) is 33.0 Å². The Labute approximate surface area is 126 Å². The molecular weight excluding hydrogens is 262 g/mol. The van der Waals surface area contributed by atoms with Crippen LogP contribution in [0, 0.1) is 0 Å². The molecule has 0 unspecified atom stereocenters. The maximum atomic E-state index is 4.72. The van der Waals surface area contributed by atoms with Gasteiger partial charge < -0.3 is 5.32 Å². The first-order valence-electron chi connectivity index (χ1n) is 7.65. The Morgan fingerprint density at radius 3 is 2.29 bits per heavy atom. The summed E-state index contributed by atoms with van der Waals surface area (Å²) < 4.78 is 0. The fourth-order valence-electron chi connectivity index (χ4n) is 2.38. The van der Waals surface area contributed by atoms with Crippen LogP contribution in [0.3, 0.4) is 0 Å². The summed E-state index contributed by atoms with van der Waals surface area (Å²) in [6, 6.07) is 1.85. The number of nitrogens with one attached hydrogen (secondary N) is 1. The van der Waals surface area contributed by atoms with E-state index in [0.29, 0.717) is 5.82 Å². The molecule has 5 heteroatoms. The fraction of sp³-hybridized carbons (Fsp3) is 0.500. The summed E-state index contributed by atoms with van der Waals surface area (Å²) in [6.45, 7) is 8.36. The first-order chi connectivity index (χ1) is 10.3. The molecule has 0 aliphatic rings. The summed E-state index contributed by atoms with van der Waals surface area (Å²) in [5.74, 6) is 0.707. The van der Waals surface area contributed by atoms with Gasteiger partial charge >= 0.3 is 0 Å². The lowest BCUT2D eigenvalue weighted by atomic mass is 10.0. The molecule has 0 saturated heterocycles. The van der Waals surface area contributed by atoms with Crippen molar-refractivity contribution in [1.29, 1.82) is 0 Å². The molecule has 1 N–H and O–H groups in total. The molecular formula is C16H23N5. The fourth-order valence-corrected chi connectivity index (χ4v) is 2.38. The van der Waals surface area contributed by atoms with Gasteiger partial charge in [-0.05, 0) is 44.0 Å². The van der Waals surface area contributed by atoms with E-state index in [0.717, 1.165) is 49.4 Å². The molecule has 2 aromatic rings. The zero-order valence-corrected chi connectivity index (χ0v) is 13.1. The summed E-state index contributed by atoms with van der Waals surface area (Å²) >= 11 is 0. The maximum absolute atomic E-state index is 4.72. The van der Waals surface area contributed by atoms with Gasteiger partial charge in [0, 0.05) is 17.6 Å². The molecule has 0 atom stereocenters. The van der Waals surface area contributed by atoms with Gasteiger partial charge in [-0.15, -0.1) is 0 Å². The van der Waals surface area contributed by atoms with Crippen molar-refractivity contribution < 1.29 is 0 Å². The van der Waals surface area contributed by atoms with Gasteiger partial charge in [0.25, 0.3) is 0 Å². The van der Waals surface area contributed by atoms with Crippen LogP contribution in [0.4, 0.5) is 0 Å². The van der Waals surface area contributed by atoms with Crippen molar-refractivity contribution in [2.75, 3.05) is 13.1 Å². The normalized spacial score (nSPS) is 10.8. The third-order valence-corrected chi connectivity index (χ3v) is 3.46. The lowest BCUT2D eigenvalue weighted by molar-refractivity contribution is 0.702. The second kappa shape index (κ2) is 7.78. The van der Waals surface area contributed by atoms with Gasteiger partial charge in [0.15, 0.2) is 5.82 Å². The smallest absolute Gasteiger partial charge is 0.178 e. The number of likely N-dealkylation sites (N-methyl/N-ethyl adjacent to an activating group) is 1. The highest BCUT2D eigenvalue weighted by molar-refractivity contribution is 5.49. The summed E-state index contributed by atoms with van der Waals surface area (Å²) in [5, 5.41) is 3.37. The molecule has 0 saturated carbocycles. The summed E-state index contributed by atoms with van der Waals surface area (Å²) in [5.41, 5.74) is 4.34. The standard InChI is InChI=1S/C16H23N5/c1-4-13-12(7-9-17-6-3)14(5-2)21-16(20-13)15-8-10-18-11-19-15/h8,10-11,17H,4-7,9H2,1-3H3. The number of nitrogens with zero attached hydrogens (tertiary/aromatic N) is 4. The third kappa shape index (κ3) is 3.82. The number of aryl methyl sites for hydroxylation is 2. The minimum absolute atomic E-state index is 0.707. The highest BCUT2D eigenvalue weighted by atomic mass is 14.9. The van der Waals surface area contributed by atoms with E-state index >= 15 is 0 Å². The zero-order chi connectivity index (χ0) is 15.1. The first-order valence-corrected chi connectivity index (χ1v) is 7.65. The Morgan fingerprint density at radius 1 is 1.05 bits per heavy atom. The van der Waals surface area contributed by atoms with Crippen molar-refractivity contribution >= 4 is 0 Å².